The van der Waals surface area contributed by atoms with Gasteiger partial charge in [-0.2, -0.15) is 5.10 Å². The van der Waals surface area contributed by atoms with E-state index in [0.29, 0.717) is 5.69 Å². The first-order valence-corrected chi connectivity index (χ1v) is 8.45. The molecule has 0 N–H and O–H groups in total. The Hall–Kier alpha value is -2.96. The Morgan fingerprint density at radius 3 is 2.54 bits per heavy atom. The van der Waals surface area contributed by atoms with Crippen molar-refractivity contribution in [3.8, 4) is 5.69 Å². The SMILES string of the molecule is CCOC(=O)/C=C/C(=O)OCc1nn(-c2ccc(F)cc2)c2c1CCC2. The van der Waals surface area contributed by atoms with Gasteiger partial charge in [0.1, 0.15) is 18.1 Å². The summed E-state index contributed by atoms with van der Waals surface area (Å²) in [7, 11) is 0. The molecule has 0 aliphatic heterocycles. The summed E-state index contributed by atoms with van der Waals surface area (Å²) in [5.74, 6) is -1.54. The average Bonchev–Trinajstić information content (AvgIpc) is 3.22. The maximum Gasteiger partial charge on any atom is 0.331 e. The van der Waals surface area contributed by atoms with Crippen LogP contribution in [-0.2, 0) is 38.5 Å². The van der Waals surface area contributed by atoms with Gasteiger partial charge in [-0.25, -0.2) is 18.7 Å². The highest BCUT2D eigenvalue weighted by atomic mass is 19.1. The minimum Gasteiger partial charge on any atom is -0.463 e. The van der Waals surface area contributed by atoms with E-state index in [0.717, 1.165) is 48.4 Å². The van der Waals surface area contributed by atoms with Gasteiger partial charge in [0.05, 0.1) is 12.3 Å². The summed E-state index contributed by atoms with van der Waals surface area (Å²) in [5.41, 5.74) is 3.57. The third kappa shape index (κ3) is 3.99. The number of carbonyl (C=O) groups is 2. The number of aromatic nitrogens is 2. The standard InChI is InChI=1S/C19H19FN2O4/c1-2-25-18(23)10-11-19(24)26-12-16-15-4-3-5-17(15)22(21-16)14-8-6-13(20)7-9-14/h6-11H,2-5,12H2,1H3/b11-10+. The fourth-order valence-electron chi connectivity index (χ4n) is 2.94. The summed E-state index contributed by atoms with van der Waals surface area (Å²) < 4.78 is 24.8. The molecule has 1 aliphatic rings. The first-order chi connectivity index (χ1) is 12.6. The summed E-state index contributed by atoms with van der Waals surface area (Å²) in [6.07, 6.45) is 4.80. The highest BCUT2D eigenvalue weighted by Gasteiger charge is 2.23. The molecule has 0 radical (unpaired) electrons. The highest BCUT2D eigenvalue weighted by molar-refractivity contribution is 5.91. The molecule has 26 heavy (non-hydrogen) atoms. The molecule has 0 atom stereocenters. The summed E-state index contributed by atoms with van der Waals surface area (Å²) in [6.45, 7) is 1.94. The molecule has 1 heterocycles. The molecule has 1 aliphatic carbocycles. The van der Waals surface area contributed by atoms with Crippen molar-refractivity contribution in [3.63, 3.8) is 0 Å². The van der Waals surface area contributed by atoms with Gasteiger partial charge in [-0.3, -0.25) is 0 Å². The second-order valence-corrected chi connectivity index (χ2v) is 5.81. The normalized spacial score (nSPS) is 13.0. The van der Waals surface area contributed by atoms with Gasteiger partial charge in [0.2, 0.25) is 0 Å². The topological polar surface area (TPSA) is 70.4 Å². The zero-order chi connectivity index (χ0) is 18.5. The van der Waals surface area contributed by atoms with Gasteiger partial charge < -0.3 is 9.47 Å². The number of carbonyl (C=O) groups excluding carboxylic acids is 2. The lowest BCUT2D eigenvalue weighted by Crippen LogP contribution is -2.06. The first kappa shape index (κ1) is 17.8. The van der Waals surface area contributed by atoms with Crippen LogP contribution in [0.25, 0.3) is 5.69 Å². The van der Waals surface area contributed by atoms with Crippen LogP contribution >= 0.6 is 0 Å². The Kier molecular flexibility index (Phi) is 5.46. The number of rotatable bonds is 6. The minimum atomic E-state index is -0.638. The number of benzene rings is 1. The summed E-state index contributed by atoms with van der Waals surface area (Å²) in [5, 5.41) is 4.53. The number of fused-ring (bicyclic) bond motifs is 1. The smallest absolute Gasteiger partial charge is 0.331 e. The third-order valence-electron chi connectivity index (χ3n) is 4.08. The Balaban J connectivity index is 1.71. The number of ether oxygens (including phenoxy) is 2. The van der Waals surface area contributed by atoms with Crippen LogP contribution in [0.3, 0.4) is 0 Å². The van der Waals surface area contributed by atoms with Crippen LogP contribution in [0.1, 0.15) is 30.3 Å². The predicted octanol–water partition coefficient (Wildman–Crippen LogP) is 2.66. The van der Waals surface area contributed by atoms with Gasteiger partial charge in [-0.1, -0.05) is 0 Å². The van der Waals surface area contributed by atoms with Gasteiger partial charge in [0.25, 0.3) is 0 Å². The van der Waals surface area contributed by atoms with E-state index in [1.807, 2.05) is 0 Å². The van der Waals surface area contributed by atoms with Gasteiger partial charge in [-0.15, -0.1) is 0 Å². The number of hydrogen-bond donors (Lipinski definition) is 0. The van der Waals surface area contributed by atoms with Crippen molar-refractivity contribution in [2.75, 3.05) is 6.61 Å². The molecule has 6 nitrogen and oxygen atoms in total. The van der Waals surface area contributed by atoms with Crippen LogP contribution in [0.15, 0.2) is 36.4 Å². The summed E-state index contributed by atoms with van der Waals surface area (Å²) in [4.78, 5) is 22.9. The van der Waals surface area contributed by atoms with E-state index in [2.05, 4.69) is 5.10 Å². The first-order valence-electron chi connectivity index (χ1n) is 8.45. The maximum absolute atomic E-state index is 13.1. The van der Waals surface area contributed by atoms with Gasteiger partial charge in [-0.05, 0) is 50.5 Å². The molecule has 1 aromatic carbocycles. The molecule has 1 aromatic heterocycles. The molecule has 2 aromatic rings. The van der Waals surface area contributed by atoms with E-state index < -0.39 is 11.9 Å². The van der Waals surface area contributed by atoms with E-state index in [1.165, 1.54) is 12.1 Å². The lowest BCUT2D eigenvalue weighted by Gasteiger charge is -2.05. The molecule has 0 fully saturated rings. The molecule has 0 amide bonds. The van der Waals surface area contributed by atoms with Crippen molar-refractivity contribution in [2.24, 2.45) is 0 Å². The number of halogens is 1. The largest absolute Gasteiger partial charge is 0.463 e. The van der Waals surface area contributed by atoms with Crippen molar-refractivity contribution in [1.82, 2.24) is 9.78 Å². The molecule has 7 heteroatoms. The zero-order valence-corrected chi connectivity index (χ0v) is 14.4. The molecule has 0 spiro atoms. The Morgan fingerprint density at radius 2 is 1.85 bits per heavy atom. The lowest BCUT2D eigenvalue weighted by molar-refractivity contribution is -0.141. The lowest BCUT2D eigenvalue weighted by atomic mass is 10.2. The van der Waals surface area contributed by atoms with Crippen molar-refractivity contribution in [2.45, 2.75) is 32.8 Å². The van der Waals surface area contributed by atoms with Crippen molar-refractivity contribution >= 4 is 11.9 Å². The quantitative estimate of drug-likeness (QED) is 0.586. The van der Waals surface area contributed by atoms with E-state index in [4.69, 9.17) is 9.47 Å². The summed E-state index contributed by atoms with van der Waals surface area (Å²) in [6, 6.07) is 6.11. The van der Waals surface area contributed by atoms with E-state index in [1.54, 1.807) is 23.7 Å². The van der Waals surface area contributed by atoms with Gasteiger partial charge >= 0.3 is 11.9 Å². The molecule has 0 saturated carbocycles. The zero-order valence-electron chi connectivity index (χ0n) is 14.4. The monoisotopic (exact) mass is 358 g/mol. The van der Waals surface area contributed by atoms with Crippen LogP contribution in [0.2, 0.25) is 0 Å². The predicted molar refractivity (Wildman–Crippen MR) is 91.1 cm³/mol. The number of esters is 2. The Labute approximate surface area is 150 Å². The van der Waals surface area contributed by atoms with Crippen molar-refractivity contribution in [1.29, 1.82) is 0 Å². The summed E-state index contributed by atoms with van der Waals surface area (Å²) >= 11 is 0. The van der Waals surface area contributed by atoms with Crippen LogP contribution in [0.5, 0.6) is 0 Å². The molecular weight excluding hydrogens is 339 g/mol. The second-order valence-electron chi connectivity index (χ2n) is 5.81. The highest BCUT2D eigenvalue weighted by Crippen LogP contribution is 2.28. The van der Waals surface area contributed by atoms with Gasteiger partial charge in [0.15, 0.2) is 0 Å². The molecular formula is C19H19FN2O4. The van der Waals surface area contributed by atoms with E-state index in [-0.39, 0.29) is 19.0 Å². The number of hydrogen-bond acceptors (Lipinski definition) is 5. The fraction of sp³-hybridized carbons (Fsp3) is 0.316. The van der Waals surface area contributed by atoms with Gasteiger partial charge in [0, 0.05) is 23.4 Å². The Bertz CT molecular complexity index is 840. The van der Waals surface area contributed by atoms with Crippen LogP contribution < -0.4 is 0 Å². The van der Waals surface area contributed by atoms with Crippen molar-refractivity contribution in [3.05, 3.63) is 59.2 Å². The third-order valence-corrected chi connectivity index (χ3v) is 4.08. The van der Waals surface area contributed by atoms with Crippen LogP contribution in [0.4, 0.5) is 4.39 Å². The molecule has 0 unspecified atom stereocenters. The molecule has 0 bridgehead atoms. The maximum atomic E-state index is 13.1. The van der Waals surface area contributed by atoms with Crippen LogP contribution in [0, 0.1) is 5.82 Å². The van der Waals surface area contributed by atoms with Crippen LogP contribution in [-0.4, -0.2) is 28.3 Å². The Morgan fingerprint density at radius 1 is 1.15 bits per heavy atom. The average molecular weight is 358 g/mol. The van der Waals surface area contributed by atoms with E-state index in [9.17, 15) is 14.0 Å². The molecule has 3 rings (SSSR count). The second kappa shape index (κ2) is 7.95. The minimum absolute atomic E-state index is 0.0164. The number of nitrogens with zero attached hydrogens (tertiary/aromatic N) is 2. The fourth-order valence-corrected chi connectivity index (χ4v) is 2.94. The molecule has 136 valence electrons. The van der Waals surface area contributed by atoms with E-state index >= 15 is 0 Å². The molecule has 0 saturated heterocycles. The van der Waals surface area contributed by atoms with Crippen molar-refractivity contribution < 1.29 is 23.5 Å².